The van der Waals surface area contributed by atoms with E-state index in [1.807, 2.05) is 22.9 Å². The summed E-state index contributed by atoms with van der Waals surface area (Å²) in [6.07, 6.45) is 0.861. The van der Waals surface area contributed by atoms with Gasteiger partial charge in [-0.15, -0.1) is 0 Å². The van der Waals surface area contributed by atoms with Crippen LogP contribution in [0.3, 0.4) is 0 Å². The second kappa shape index (κ2) is 6.48. The lowest BCUT2D eigenvalue weighted by atomic mass is 9.92. The maximum Gasteiger partial charge on any atom is 0.243 e. The first-order valence-corrected chi connectivity index (χ1v) is 8.89. The molecule has 0 aliphatic carbocycles. The molecule has 0 spiro atoms. The van der Waals surface area contributed by atoms with Crippen LogP contribution in [0, 0.1) is 0 Å². The number of nitrogens with zero attached hydrogens (tertiary/aromatic N) is 4. The fraction of sp³-hybridized carbons (Fsp3) is 0.316. The lowest BCUT2D eigenvalue weighted by molar-refractivity contribution is 0.424. The number of halogens is 1. The van der Waals surface area contributed by atoms with Crippen LogP contribution in [0.2, 0.25) is 5.02 Å². The minimum absolute atomic E-state index is 0.0553. The maximum absolute atomic E-state index is 6.19. The predicted octanol–water partition coefficient (Wildman–Crippen LogP) is 4.60. The zero-order valence-corrected chi connectivity index (χ0v) is 15.0. The molecule has 128 valence electrons. The van der Waals surface area contributed by atoms with Gasteiger partial charge in [-0.05, 0) is 51.6 Å². The number of aromatic nitrogens is 4. The molecule has 2 unspecified atom stereocenters. The van der Waals surface area contributed by atoms with E-state index in [-0.39, 0.29) is 12.1 Å². The van der Waals surface area contributed by atoms with Gasteiger partial charge in [0.05, 0.1) is 12.1 Å². The molecular weight excluding hydrogens is 334 g/mol. The molecule has 2 atom stereocenters. The van der Waals surface area contributed by atoms with Crippen LogP contribution in [-0.2, 0) is 0 Å². The fourth-order valence-corrected chi connectivity index (χ4v) is 3.56. The second-order valence-electron chi connectivity index (χ2n) is 6.77. The monoisotopic (exact) mass is 353 g/mol. The van der Waals surface area contributed by atoms with Crippen LogP contribution in [0.15, 0.2) is 48.5 Å². The Bertz CT molecular complexity index is 872. The van der Waals surface area contributed by atoms with Crippen LogP contribution in [0.5, 0.6) is 0 Å². The Morgan fingerprint density at radius 3 is 2.64 bits per heavy atom. The number of hydrogen-bond acceptors (Lipinski definition) is 4. The zero-order valence-electron chi connectivity index (χ0n) is 14.2. The standard InChI is InChI=1S/C19H20ClN5/c1-12(2)13-6-8-14(9-7-13)17-11-18(15-4-3-5-16(20)10-15)25-19(21-17)22-23-24-25/h3-10,12,17-18H,11H2,1-2H3,(H,21,22,24). The topological polar surface area (TPSA) is 55.6 Å². The third kappa shape index (κ3) is 3.12. The van der Waals surface area contributed by atoms with Crippen LogP contribution >= 0.6 is 11.6 Å². The van der Waals surface area contributed by atoms with Gasteiger partial charge in [0, 0.05) is 5.02 Å². The molecule has 5 nitrogen and oxygen atoms in total. The van der Waals surface area contributed by atoms with Gasteiger partial charge < -0.3 is 5.32 Å². The van der Waals surface area contributed by atoms with Gasteiger partial charge in [0.15, 0.2) is 0 Å². The lowest BCUT2D eigenvalue weighted by Crippen LogP contribution is -2.28. The second-order valence-corrected chi connectivity index (χ2v) is 7.21. The van der Waals surface area contributed by atoms with E-state index in [2.05, 4.69) is 65.0 Å². The van der Waals surface area contributed by atoms with Crippen molar-refractivity contribution in [3.8, 4) is 0 Å². The fourth-order valence-electron chi connectivity index (χ4n) is 3.36. The molecule has 1 aliphatic heterocycles. The summed E-state index contributed by atoms with van der Waals surface area (Å²) in [5.41, 5.74) is 3.70. The summed E-state index contributed by atoms with van der Waals surface area (Å²) in [6, 6.07) is 16.9. The van der Waals surface area contributed by atoms with E-state index in [1.54, 1.807) is 0 Å². The Balaban J connectivity index is 1.68. The molecule has 0 amide bonds. The first-order chi connectivity index (χ1) is 12.1. The largest absolute Gasteiger partial charge is 0.346 e. The van der Waals surface area contributed by atoms with E-state index < -0.39 is 0 Å². The number of nitrogens with one attached hydrogen (secondary N) is 1. The zero-order chi connectivity index (χ0) is 17.4. The van der Waals surface area contributed by atoms with Crippen LogP contribution in [0.1, 0.15) is 55.0 Å². The highest BCUT2D eigenvalue weighted by Crippen LogP contribution is 2.37. The Kier molecular flexibility index (Phi) is 4.17. The van der Waals surface area contributed by atoms with E-state index in [1.165, 1.54) is 11.1 Å². The number of rotatable bonds is 3. The molecule has 0 saturated heterocycles. The van der Waals surface area contributed by atoms with Crippen LogP contribution in [-0.4, -0.2) is 20.2 Å². The molecule has 4 rings (SSSR count). The minimum Gasteiger partial charge on any atom is -0.346 e. The summed E-state index contributed by atoms with van der Waals surface area (Å²) < 4.78 is 1.84. The molecule has 1 N–H and O–H groups in total. The molecule has 2 heterocycles. The van der Waals surface area contributed by atoms with Crippen molar-refractivity contribution in [2.45, 2.75) is 38.3 Å². The molecular formula is C19H20ClN5. The highest BCUT2D eigenvalue weighted by atomic mass is 35.5. The van der Waals surface area contributed by atoms with E-state index in [0.717, 1.165) is 17.0 Å². The summed E-state index contributed by atoms with van der Waals surface area (Å²) >= 11 is 6.19. The molecule has 6 heteroatoms. The molecule has 25 heavy (non-hydrogen) atoms. The van der Waals surface area contributed by atoms with Crippen molar-refractivity contribution >= 4 is 17.5 Å². The molecule has 3 aromatic rings. The number of hydrogen-bond donors (Lipinski definition) is 1. The van der Waals surface area contributed by atoms with Gasteiger partial charge >= 0.3 is 0 Å². The van der Waals surface area contributed by atoms with Gasteiger partial charge in [-0.2, -0.15) is 0 Å². The highest BCUT2D eigenvalue weighted by Gasteiger charge is 2.30. The summed E-state index contributed by atoms with van der Waals surface area (Å²) in [5, 5.41) is 16.3. The third-order valence-corrected chi connectivity index (χ3v) is 5.02. The lowest BCUT2D eigenvalue weighted by Gasteiger charge is -2.31. The molecule has 0 bridgehead atoms. The average Bonchev–Trinajstić information content (AvgIpc) is 3.09. The summed E-state index contributed by atoms with van der Waals surface area (Å²) in [7, 11) is 0. The Labute approximate surface area is 152 Å². The van der Waals surface area contributed by atoms with Crippen LogP contribution < -0.4 is 5.32 Å². The highest BCUT2D eigenvalue weighted by molar-refractivity contribution is 6.30. The average molecular weight is 354 g/mol. The van der Waals surface area contributed by atoms with E-state index in [0.29, 0.717) is 11.9 Å². The predicted molar refractivity (Wildman–Crippen MR) is 98.9 cm³/mol. The van der Waals surface area contributed by atoms with Gasteiger partial charge in [0.2, 0.25) is 5.95 Å². The quantitative estimate of drug-likeness (QED) is 0.747. The van der Waals surface area contributed by atoms with Gasteiger partial charge in [-0.25, -0.2) is 4.68 Å². The molecule has 1 aliphatic rings. The van der Waals surface area contributed by atoms with Gasteiger partial charge in [0.25, 0.3) is 0 Å². The molecule has 0 saturated carbocycles. The van der Waals surface area contributed by atoms with Gasteiger partial charge in [0.1, 0.15) is 0 Å². The molecule has 2 aromatic carbocycles. The van der Waals surface area contributed by atoms with E-state index in [9.17, 15) is 0 Å². The first-order valence-electron chi connectivity index (χ1n) is 8.51. The van der Waals surface area contributed by atoms with Crippen molar-refractivity contribution in [1.82, 2.24) is 20.2 Å². The number of tetrazole rings is 1. The van der Waals surface area contributed by atoms with Crippen LogP contribution in [0.4, 0.5) is 5.95 Å². The van der Waals surface area contributed by atoms with Crippen molar-refractivity contribution in [3.05, 3.63) is 70.2 Å². The Morgan fingerprint density at radius 1 is 1.12 bits per heavy atom. The number of benzene rings is 2. The van der Waals surface area contributed by atoms with Gasteiger partial charge in [-0.1, -0.05) is 66.9 Å². The van der Waals surface area contributed by atoms with Crippen molar-refractivity contribution in [3.63, 3.8) is 0 Å². The van der Waals surface area contributed by atoms with E-state index >= 15 is 0 Å². The SMILES string of the molecule is CC(C)c1ccc(C2CC(c3cccc(Cl)c3)n3nnnc3N2)cc1. The summed E-state index contributed by atoms with van der Waals surface area (Å²) in [6.45, 7) is 4.41. The summed E-state index contributed by atoms with van der Waals surface area (Å²) in [4.78, 5) is 0. The first kappa shape index (κ1) is 16.1. The van der Waals surface area contributed by atoms with Gasteiger partial charge in [-0.3, -0.25) is 0 Å². The Hall–Kier alpha value is -2.40. The number of anilines is 1. The maximum atomic E-state index is 6.19. The molecule has 0 radical (unpaired) electrons. The van der Waals surface area contributed by atoms with Crippen molar-refractivity contribution in [1.29, 1.82) is 0 Å². The van der Waals surface area contributed by atoms with E-state index in [4.69, 9.17) is 11.6 Å². The third-order valence-electron chi connectivity index (χ3n) is 4.79. The normalized spacial score (nSPS) is 19.5. The smallest absolute Gasteiger partial charge is 0.243 e. The Morgan fingerprint density at radius 2 is 1.92 bits per heavy atom. The van der Waals surface area contributed by atoms with Crippen molar-refractivity contribution in [2.75, 3.05) is 5.32 Å². The van der Waals surface area contributed by atoms with Crippen molar-refractivity contribution in [2.24, 2.45) is 0 Å². The molecule has 0 fully saturated rings. The summed E-state index contributed by atoms with van der Waals surface area (Å²) in [5.74, 6) is 1.22. The number of fused-ring (bicyclic) bond motifs is 1. The minimum atomic E-state index is 0.0553. The van der Waals surface area contributed by atoms with Crippen molar-refractivity contribution < 1.29 is 0 Å². The molecule has 1 aromatic heterocycles. The van der Waals surface area contributed by atoms with Crippen LogP contribution in [0.25, 0.3) is 0 Å².